The van der Waals surface area contributed by atoms with Crippen LogP contribution in [-0.2, 0) is 21.4 Å². The second-order valence-corrected chi connectivity index (χ2v) is 6.49. The van der Waals surface area contributed by atoms with Crippen molar-refractivity contribution in [2.24, 2.45) is 11.5 Å². The number of nitrogens with two attached hydrogens (primary N) is 2. The van der Waals surface area contributed by atoms with E-state index in [-0.39, 0.29) is 23.5 Å². The van der Waals surface area contributed by atoms with E-state index in [1.54, 1.807) is 0 Å². The summed E-state index contributed by atoms with van der Waals surface area (Å²) < 4.78 is 39.9. The number of hydrogen-bond donors (Lipinski definition) is 2. The largest absolute Gasteiger partial charge is 0.369 e. The number of unbranched alkanes of at least 4 members (excludes halogenated alkanes) is 1. The van der Waals surface area contributed by atoms with Crippen molar-refractivity contribution in [2.45, 2.75) is 31.2 Å². The Balaban J connectivity index is 3.28. The number of primary amides is 1. The van der Waals surface area contributed by atoms with E-state index in [9.17, 15) is 17.6 Å². The lowest BCUT2D eigenvalue weighted by molar-refractivity contribution is -0.118. The molecule has 4 N–H and O–H groups in total. The van der Waals surface area contributed by atoms with Crippen molar-refractivity contribution in [2.75, 3.05) is 13.1 Å². The van der Waals surface area contributed by atoms with Gasteiger partial charge in [0.15, 0.2) is 0 Å². The van der Waals surface area contributed by atoms with Crippen LogP contribution in [0, 0.1) is 5.82 Å². The van der Waals surface area contributed by atoms with Crippen LogP contribution in [0.1, 0.15) is 25.3 Å². The third-order valence-corrected chi connectivity index (χ3v) is 4.92. The summed E-state index contributed by atoms with van der Waals surface area (Å²) in [5.74, 6) is -1.45. The number of hydrogen-bond acceptors (Lipinski definition) is 4. The molecule has 0 aromatic heterocycles. The van der Waals surface area contributed by atoms with Crippen molar-refractivity contribution in [3.8, 4) is 0 Å². The number of rotatable bonds is 8. The normalized spacial score (nSPS) is 11.8. The molecule has 0 unspecified atom stereocenters. The molecule has 0 radical (unpaired) electrons. The van der Waals surface area contributed by atoms with E-state index in [0.29, 0.717) is 6.42 Å². The van der Waals surface area contributed by atoms with Crippen LogP contribution in [0.2, 0.25) is 0 Å². The first-order valence-corrected chi connectivity index (χ1v) is 8.04. The van der Waals surface area contributed by atoms with Crippen LogP contribution in [0.4, 0.5) is 4.39 Å². The van der Waals surface area contributed by atoms with Gasteiger partial charge in [0.05, 0.1) is 11.4 Å². The van der Waals surface area contributed by atoms with Crippen LogP contribution in [-0.4, -0.2) is 31.7 Å². The molecule has 118 valence electrons. The molecule has 6 nitrogen and oxygen atoms in total. The van der Waals surface area contributed by atoms with Crippen LogP contribution in [0.5, 0.6) is 0 Å². The Morgan fingerprint density at radius 2 is 2.05 bits per heavy atom. The molecular weight excluding hydrogens is 297 g/mol. The smallest absolute Gasteiger partial charge is 0.243 e. The molecule has 8 heteroatoms. The zero-order chi connectivity index (χ0) is 16.0. The van der Waals surface area contributed by atoms with Crippen molar-refractivity contribution >= 4 is 15.9 Å². The van der Waals surface area contributed by atoms with Gasteiger partial charge < -0.3 is 11.5 Å². The molecule has 0 heterocycles. The summed E-state index contributed by atoms with van der Waals surface area (Å²) in [5, 5.41) is 0. The molecule has 0 bridgehead atoms. The Bertz CT molecular complexity index is 605. The molecule has 0 aliphatic heterocycles. The predicted octanol–water partition coefficient (Wildman–Crippen LogP) is 0.561. The Morgan fingerprint density at radius 1 is 1.38 bits per heavy atom. The van der Waals surface area contributed by atoms with E-state index >= 15 is 0 Å². The third-order valence-electron chi connectivity index (χ3n) is 2.99. The summed E-state index contributed by atoms with van der Waals surface area (Å²) in [4.78, 5) is 10.9. The standard InChI is InChI=1S/C13H20FN3O3S/c1-2-3-7-17(9-13(16)18)21(19,20)12-6-4-5-11(14)10(12)8-15/h4-6H,2-3,7-9,15H2,1H3,(H2,16,18). The predicted molar refractivity (Wildman–Crippen MR) is 77.2 cm³/mol. The Morgan fingerprint density at radius 3 is 2.57 bits per heavy atom. The van der Waals surface area contributed by atoms with Gasteiger partial charge in [-0.25, -0.2) is 12.8 Å². The van der Waals surface area contributed by atoms with Crippen molar-refractivity contribution in [1.82, 2.24) is 4.31 Å². The fourth-order valence-corrected chi connectivity index (χ4v) is 3.60. The van der Waals surface area contributed by atoms with E-state index in [1.165, 1.54) is 12.1 Å². The lowest BCUT2D eigenvalue weighted by atomic mass is 10.2. The zero-order valence-corrected chi connectivity index (χ0v) is 12.7. The van der Waals surface area contributed by atoms with Crippen molar-refractivity contribution in [3.05, 3.63) is 29.6 Å². The monoisotopic (exact) mass is 317 g/mol. The average molecular weight is 317 g/mol. The second kappa shape index (κ2) is 7.48. The summed E-state index contributed by atoms with van der Waals surface area (Å²) in [6.07, 6.45) is 1.32. The summed E-state index contributed by atoms with van der Waals surface area (Å²) in [6.45, 7) is 1.34. The molecule has 0 saturated carbocycles. The Labute approximate surface area is 124 Å². The number of carbonyl (C=O) groups excluding carboxylic acids is 1. The van der Waals surface area contributed by atoms with Crippen LogP contribution in [0.3, 0.4) is 0 Å². The van der Waals surface area contributed by atoms with Gasteiger partial charge in [0.2, 0.25) is 15.9 Å². The maximum Gasteiger partial charge on any atom is 0.243 e. The fourth-order valence-electron chi connectivity index (χ4n) is 1.91. The first-order valence-electron chi connectivity index (χ1n) is 6.60. The van der Waals surface area contributed by atoms with Gasteiger partial charge in [0, 0.05) is 18.7 Å². The molecule has 0 atom stereocenters. The molecule has 0 spiro atoms. The maximum atomic E-state index is 13.7. The molecule has 1 aromatic carbocycles. The van der Waals surface area contributed by atoms with Crippen molar-refractivity contribution < 1.29 is 17.6 Å². The SMILES string of the molecule is CCCCN(CC(N)=O)S(=O)(=O)c1cccc(F)c1CN. The van der Waals surface area contributed by atoms with E-state index < -0.39 is 28.3 Å². The van der Waals surface area contributed by atoms with Crippen LogP contribution < -0.4 is 11.5 Å². The number of amides is 1. The number of nitrogens with zero attached hydrogens (tertiary/aromatic N) is 1. The first-order chi connectivity index (χ1) is 9.84. The number of benzene rings is 1. The van der Waals surface area contributed by atoms with E-state index in [1.807, 2.05) is 6.92 Å². The lowest BCUT2D eigenvalue weighted by Gasteiger charge is -2.22. The molecule has 1 amide bonds. The van der Waals surface area contributed by atoms with Gasteiger partial charge in [-0.15, -0.1) is 0 Å². The highest BCUT2D eigenvalue weighted by atomic mass is 32.2. The molecule has 0 aliphatic rings. The summed E-state index contributed by atoms with van der Waals surface area (Å²) in [5.41, 5.74) is 10.4. The number of carbonyl (C=O) groups is 1. The van der Waals surface area contributed by atoms with Crippen LogP contribution in [0.15, 0.2) is 23.1 Å². The molecule has 1 aromatic rings. The molecule has 1 rings (SSSR count). The maximum absolute atomic E-state index is 13.7. The highest BCUT2D eigenvalue weighted by molar-refractivity contribution is 7.89. The van der Waals surface area contributed by atoms with Gasteiger partial charge in [-0.2, -0.15) is 4.31 Å². The van der Waals surface area contributed by atoms with Crippen molar-refractivity contribution in [1.29, 1.82) is 0 Å². The van der Waals surface area contributed by atoms with Gasteiger partial charge in [-0.1, -0.05) is 19.4 Å². The topological polar surface area (TPSA) is 106 Å². The van der Waals surface area contributed by atoms with Gasteiger partial charge in [-0.3, -0.25) is 4.79 Å². The Hall–Kier alpha value is -1.51. The Kier molecular flexibility index (Phi) is 6.25. The molecule has 0 aliphatic carbocycles. The number of sulfonamides is 1. The molecular formula is C13H20FN3O3S. The quantitative estimate of drug-likeness (QED) is 0.730. The van der Waals surface area contributed by atoms with Crippen LogP contribution in [0.25, 0.3) is 0 Å². The minimum Gasteiger partial charge on any atom is -0.369 e. The zero-order valence-electron chi connectivity index (χ0n) is 11.9. The molecule has 21 heavy (non-hydrogen) atoms. The van der Waals surface area contributed by atoms with E-state index in [0.717, 1.165) is 16.8 Å². The highest BCUT2D eigenvalue weighted by Crippen LogP contribution is 2.22. The molecule has 0 saturated heterocycles. The van der Waals surface area contributed by atoms with Gasteiger partial charge in [0.1, 0.15) is 5.82 Å². The second-order valence-electron chi connectivity index (χ2n) is 4.58. The highest BCUT2D eigenvalue weighted by Gasteiger charge is 2.28. The minimum atomic E-state index is -4.02. The fraction of sp³-hybridized carbons (Fsp3) is 0.462. The minimum absolute atomic E-state index is 0.0940. The number of halogens is 1. The summed E-state index contributed by atoms with van der Waals surface area (Å²) >= 11 is 0. The third kappa shape index (κ3) is 4.23. The van der Waals surface area contributed by atoms with Crippen molar-refractivity contribution in [3.63, 3.8) is 0 Å². The van der Waals surface area contributed by atoms with Gasteiger partial charge >= 0.3 is 0 Å². The van der Waals surface area contributed by atoms with Crippen LogP contribution >= 0.6 is 0 Å². The lowest BCUT2D eigenvalue weighted by Crippen LogP contribution is -2.39. The van der Waals surface area contributed by atoms with E-state index in [2.05, 4.69) is 0 Å². The molecule has 0 fully saturated rings. The van der Waals surface area contributed by atoms with Gasteiger partial charge in [-0.05, 0) is 18.6 Å². The average Bonchev–Trinajstić information content (AvgIpc) is 2.42. The van der Waals surface area contributed by atoms with Gasteiger partial charge in [0.25, 0.3) is 0 Å². The summed E-state index contributed by atoms with van der Waals surface area (Å²) in [6, 6.07) is 3.72. The van der Waals surface area contributed by atoms with E-state index in [4.69, 9.17) is 11.5 Å². The summed E-state index contributed by atoms with van der Waals surface area (Å²) in [7, 11) is -4.02. The first kappa shape index (κ1) is 17.5.